The molecule has 0 amide bonds. The molecule has 3 aliphatic carbocycles. The van der Waals surface area contributed by atoms with Gasteiger partial charge in [0.2, 0.25) is 0 Å². The van der Waals surface area contributed by atoms with Gasteiger partial charge in [0, 0.05) is 0 Å². The van der Waals surface area contributed by atoms with Gasteiger partial charge in [0.25, 0.3) is 0 Å². The van der Waals surface area contributed by atoms with Crippen LogP contribution in [0, 0.1) is 39.9 Å². The van der Waals surface area contributed by atoms with Crippen molar-refractivity contribution in [3.8, 4) is 0 Å². The largest absolute Gasteiger partial charge is 0.243 e. The molecule has 0 spiro atoms. The van der Waals surface area contributed by atoms with E-state index in [2.05, 4.69) is 48.5 Å². The van der Waals surface area contributed by atoms with Crippen LogP contribution in [0.1, 0.15) is 93.4 Å². The molecule has 0 radical (unpaired) electrons. The zero-order valence-corrected chi connectivity index (χ0v) is 16.6. The number of alkyl halides is 1. The van der Waals surface area contributed by atoms with Crippen molar-refractivity contribution in [2.45, 2.75) is 99.1 Å². The second-order valence-corrected chi connectivity index (χ2v) is 11.6. The standard InChI is InChI=1S/C22H39F/c1-19(2,3)18-11-15(18)12-21(6,7)22(23)14-17(22)13-20(4,5)16-9-8-10-16/h15-18H,8-14H2,1-7H3. The predicted molar refractivity (Wildman–Crippen MR) is 97.1 cm³/mol. The van der Waals surface area contributed by atoms with Crippen LogP contribution < -0.4 is 0 Å². The lowest BCUT2D eigenvalue weighted by Crippen LogP contribution is -2.34. The summed E-state index contributed by atoms with van der Waals surface area (Å²) in [5, 5.41) is 0. The van der Waals surface area contributed by atoms with Crippen molar-refractivity contribution in [3.63, 3.8) is 0 Å². The summed E-state index contributed by atoms with van der Waals surface area (Å²) >= 11 is 0. The summed E-state index contributed by atoms with van der Waals surface area (Å²) in [7, 11) is 0. The summed E-state index contributed by atoms with van der Waals surface area (Å²) < 4.78 is 15.7. The van der Waals surface area contributed by atoms with Crippen LogP contribution in [0.3, 0.4) is 0 Å². The summed E-state index contributed by atoms with van der Waals surface area (Å²) in [6.45, 7) is 16.2. The van der Waals surface area contributed by atoms with E-state index in [0.29, 0.717) is 16.7 Å². The topological polar surface area (TPSA) is 0 Å². The third kappa shape index (κ3) is 3.23. The van der Waals surface area contributed by atoms with Crippen molar-refractivity contribution < 1.29 is 4.39 Å². The van der Waals surface area contributed by atoms with E-state index in [1.807, 2.05) is 0 Å². The number of rotatable bonds is 6. The third-order valence-corrected chi connectivity index (χ3v) is 7.95. The van der Waals surface area contributed by atoms with Gasteiger partial charge in [-0.1, -0.05) is 54.9 Å². The molecular formula is C22H39F. The van der Waals surface area contributed by atoms with E-state index in [1.165, 1.54) is 25.7 Å². The molecule has 3 rings (SSSR count). The first-order valence-corrected chi connectivity index (χ1v) is 10.1. The van der Waals surface area contributed by atoms with Gasteiger partial charge in [-0.25, -0.2) is 4.39 Å². The van der Waals surface area contributed by atoms with Crippen molar-refractivity contribution in [1.29, 1.82) is 0 Å². The van der Waals surface area contributed by atoms with Crippen molar-refractivity contribution in [2.75, 3.05) is 0 Å². The molecule has 4 atom stereocenters. The fourth-order valence-corrected chi connectivity index (χ4v) is 5.71. The van der Waals surface area contributed by atoms with Crippen molar-refractivity contribution in [3.05, 3.63) is 0 Å². The Morgan fingerprint density at radius 3 is 2.00 bits per heavy atom. The number of hydrogen-bond donors (Lipinski definition) is 0. The van der Waals surface area contributed by atoms with Gasteiger partial charge in [-0.3, -0.25) is 0 Å². The molecule has 134 valence electrons. The summed E-state index contributed by atoms with van der Waals surface area (Å²) in [6.07, 6.45) is 8.47. The smallest absolute Gasteiger partial charge is 0.119 e. The van der Waals surface area contributed by atoms with Crippen LogP contribution in [-0.2, 0) is 0 Å². The quantitative estimate of drug-likeness (QED) is 0.492. The molecule has 0 aromatic rings. The molecule has 0 N–H and O–H groups in total. The minimum Gasteiger partial charge on any atom is -0.243 e. The molecule has 0 aromatic carbocycles. The van der Waals surface area contributed by atoms with E-state index in [-0.39, 0.29) is 5.41 Å². The molecule has 0 aromatic heterocycles. The Hall–Kier alpha value is -0.0700. The van der Waals surface area contributed by atoms with E-state index in [1.54, 1.807) is 0 Å². The van der Waals surface area contributed by atoms with Crippen LogP contribution >= 0.6 is 0 Å². The molecule has 1 heteroatoms. The van der Waals surface area contributed by atoms with Crippen molar-refractivity contribution in [1.82, 2.24) is 0 Å². The summed E-state index contributed by atoms with van der Waals surface area (Å²) in [5.41, 5.74) is -0.281. The lowest BCUT2D eigenvalue weighted by Gasteiger charge is -2.41. The maximum absolute atomic E-state index is 15.7. The maximum atomic E-state index is 15.7. The molecular weight excluding hydrogens is 283 g/mol. The first-order chi connectivity index (χ1) is 10.4. The molecule has 23 heavy (non-hydrogen) atoms. The van der Waals surface area contributed by atoms with Crippen LogP contribution in [0.15, 0.2) is 0 Å². The highest BCUT2D eigenvalue weighted by molar-refractivity contribution is 5.15. The van der Waals surface area contributed by atoms with Gasteiger partial charge >= 0.3 is 0 Å². The van der Waals surface area contributed by atoms with Crippen molar-refractivity contribution in [2.24, 2.45) is 39.9 Å². The zero-order chi connectivity index (χ0) is 17.3. The lowest BCUT2D eigenvalue weighted by atomic mass is 9.64. The summed E-state index contributed by atoms with van der Waals surface area (Å²) in [6, 6.07) is 0. The summed E-state index contributed by atoms with van der Waals surface area (Å²) in [4.78, 5) is 0. The predicted octanol–water partition coefficient (Wildman–Crippen LogP) is 7.03. The highest BCUT2D eigenvalue weighted by Crippen LogP contribution is 2.67. The molecule has 4 unspecified atom stereocenters. The number of hydrogen-bond acceptors (Lipinski definition) is 0. The molecule has 0 bridgehead atoms. The Balaban J connectivity index is 1.56. The zero-order valence-electron chi connectivity index (χ0n) is 16.6. The van der Waals surface area contributed by atoms with Gasteiger partial charge in [-0.05, 0) is 78.4 Å². The van der Waals surface area contributed by atoms with E-state index in [4.69, 9.17) is 0 Å². The molecule has 3 fully saturated rings. The Labute approximate surface area is 144 Å². The molecule has 0 nitrogen and oxygen atoms in total. The minimum absolute atomic E-state index is 0.141. The molecule has 3 aliphatic rings. The highest BCUT2D eigenvalue weighted by Gasteiger charge is 2.66. The SMILES string of the molecule is CC(C)(C)C1CC1CC(C)(C)C1(F)CC1CC(C)(C)C1CCC1. The Bertz CT molecular complexity index is 451. The average Bonchev–Trinajstić information content (AvgIpc) is 3.12. The monoisotopic (exact) mass is 322 g/mol. The Morgan fingerprint density at radius 1 is 0.957 bits per heavy atom. The van der Waals surface area contributed by atoms with Gasteiger partial charge in [0.15, 0.2) is 0 Å². The van der Waals surface area contributed by atoms with Crippen LogP contribution in [0.5, 0.6) is 0 Å². The van der Waals surface area contributed by atoms with Gasteiger partial charge in [-0.2, -0.15) is 0 Å². The van der Waals surface area contributed by atoms with E-state index >= 15 is 4.39 Å². The fourth-order valence-electron chi connectivity index (χ4n) is 5.71. The van der Waals surface area contributed by atoms with Crippen LogP contribution in [-0.4, -0.2) is 5.67 Å². The van der Waals surface area contributed by atoms with E-state index in [0.717, 1.165) is 37.0 Å². The summed E-state index contributed by atoms with van der Waals surface area (Å²) in [5.74, 6) is 2.75. The lowest BCUT2D eigenvalue weighted by molar-refractivity contribution is 0.0526. The number of halogens is 1. The van der Waals surface area contributed by atoms with Crippen LogP contribution in [0.4, 0.5) is 4.39 Å². The third-order valence-electron chi connectivity index (χ3n) is 7.95. The molecule has 3 saturated carbocycles. The molecule has 0 heterocycles. The fraction of sp³-hybridized carbons (Fsp3) is 1.00. The normalized spacial score (nSPS) is 38.3. The average molecular weight is 323 g/mol. The first-order valence-electron chi connectivity index (χ1n) is 10.1. The van der Waals surface area contributed by atoms with E-state index in [9.17, 15) is 0 Å². The Morgan fingerprint density at radius 2 is 1.57 bits per heavy atom. The van der Waals surface area contributed by atoms with Crippen LogP contribution in [0.25, 0.3) is 0 Å². The van der Waals surface area contributed by atoms with Gasteiger partial charge in [-0.15, -0.1) is 0 Å². The highest BCUT2D eigenvalue weighted by atomic mass is 19.1. The Kier molecular flexibility index (Phi) is 4.02. The van der Waals surface area contributed by atoms with Gasteiger partial charge in [0.05, 0.1) is 0 Å². The van der Waals surface area contributed by atoms with Crippen LogP contribution in [0.2, 0.25) is 0 Å². The molecule has 0 aliphatic heterocycles. The second-order valence-electron chi connectivity index (χ2n) is 11.6. The first kappa shape index (κ1) is 17.7. The minimum atomic E-state index is -0.890. The van der Waals surface area contributed by atoms with Crippen molar-refractivity contribution >= 4 is 0 Å². The maximum Gasteiger partial charge on any atom is 0.119 e. The van der Waals surface area contributed by atoms with E-state index < -0.39 is 5.67 Å². The second kappa shape index (κ2) is 5.21. The van der Waals surface area contributed by atoms with Gasteiger partial charge < -0.3 is 0 Å². The molecule has 0 saturated heterocycles. The van der Waals surface area contributed by atoms with Gasteiger partial charge in [0.1, 0.15) is 5.67 Å².